The number of rotatable bonds is 8. The highest BCUT2D eigenvalue weighted by Crippen LogP contribution is 2.25. The third-order valence-electron chi connectivity index (χ3n) is 4.41. The highest BCUT2D eigenvalue weighted by molar-refractivity contribution is 8.00. The molecule has 0 radical (unpaired) electrons. The van der Waals surface area contributed by atoms with Crippen LogP contribution in [0.5, 0.6) is 5.75 Å². The van der Waals surface area contributed by atoms with Gasteiger partial charge in [-0.05, 0) is 36.8 Å². The van der Waals surface area contributed by atoms with Crippen LogP contribution in [0.3, 0.4) is 0 Å². The summed E-state index contributed by atoms with van der Waals surface area (Å²) in [5.41, 5.74) is 1.84. The summed E-state index contributed by atoms with van der Waals surface area (Å²) in [6.07, 6.45) is 0. The molecule has 1 atom stereocenters. The van der Waals surface area contributed by atoms with Gasteiger partial charge in [0.25, 0.3) is 0 Å². The molecular formula is C22H26N4O2S. The molecule has 1 N–H and O–H groups in total. The van der Waals surface area contributed by atoms with Gasteiger partial charge in [0, 0.05) is 18.7 Å². The fourth-order valence-electron chi connectivity index (χ4n) is 2.76. The van der Waals surface area contributed by atoms with Gasteiger partial charge in [0.2, 0.25) is 5.91 Å². The van der Waals surface area contributed by atoms with Crippen molar-refractivity contribution in [3.05, 3.63) is 66.0 Å². The molecule has 0 aliphatic carbocycles. The van der Waals surface area contributed by atoms with Crippen molar-refractivity contribution in [1.82, 2.24) is 14.8 Å². The Hall–Kier alpha value is -2.80. The smallest absolute Gasteiger partial charge is 0.237 e. The number of carbonyl (C=O) groups excluding carboxylic acids is 1. The molecule has 152 valence electrons. The number of amides is 1. The Balaban J connectivity index is 1.53. The summed E-state index contributed by atoms with van der Waals surface area (Å²) in [6.45, 7) is 6.51. The molecule has 1 amide bonds. The summed E-state index contributed by atoms with van der Waals surface area (Å²) in [5, 5.41) is 11.8. The number of thioether (sulfide) groups is 1. The fourth-order valence-corrected chi connectivity index (χ4v) is 3.58. The molecule has 7 heteroatoms. The molecule has 0 saturated heterocycles. The molecule has 0 saturated carbocycles. The molecule has 3 aromatic rings. The van der Waals surface area contributed by atoms with Gasteiger partial charge in [-0.3, -0.25) is 4.79 Å². The predicted octanol–water partition coefficient (Wildman–Crippen LogP) is 4.64. The molecule has 0 aliphatic rings. The quantitative estimate of drug-likeness (QED) is 0.548. The number of hydrogen-bond acceptors (Lipinski definition) is 5. The number of nitrogens with zero attached hydrogens (tertiary/aromatic N) is 3. The molecule has 29 heavy (non-hydrogen) atoms. The van der Waals surface area contributed by atoms with Crippen LogP contribution < -0.4 is 10.1 Å². The van der Waals surface area contributed by atoms with Crippen molar-refractivity contribution in [2.75, 3.05) is 5.32 Å². The van der Waals surface area contributed by atoms with E-state index in [1.165, 1.54) is 11.8 Å². The van der Waals surface area contributed by atoms with Gasteiger partial charge in [-0.1, -0.05) is 55.9 Å². The van der Waals surface area contributed by atoms with Crippen LogP contribution in [0.15, 0.2) is 59.8 Å². The molecule has 0 fully saturated rings. The maximum atomic E-state index is 12.5. The van der Waals surface area contributed by atoms with E-state index in [9.17, 15) is 4.79 Å². The molecule has 1 unspecified atom stereocenters. The normalized spacial score (nSPS) is 12.0. The zero-order valence-corrected chi connectivity index (χ0v) is 17.9. The number of hydrogen-bond donors (Lipinski definition) is 1. The average Bonchev–Trinajstić information content (AvgIpc) is 3.08. The number of benzene rings is 2. The molecule has 2 aromatic carbocycles. The maximum Gasteiger partial charge on any atom is 0.237 e. The van der Waals surface area contributed by atoms with Crippen molar-refractivity contribution >= 4 is 23.4 Å². The van der Waals surface area contributed by atoms with E-state index >= 15 is 0 Å². The van der Waals surface area contributed by atoms with Gasteiger partial charge in [-0.15, -0.1) is 10.2 Å². The number of ether oxygens (including phenoxy) is 1. The Morgan fingerprint density at radius 2 is 1.76 bits per heavy atom. The number of anilines is 1. The van der Waals surface area contributed by atoms with E-state index in [0.29, 0.717) is 6.61 Å². The second-order valence-corrected chi connectivity index (χ2v) is 8.41. The van der Waals surface area contributed by atoms with Gasteiger partial charge in [0.1, 0.15) is 18.2 Å². The molecular weight excluding hydrogens is 384 g/mol. The Morgan fingerprint density at radius 1 is 1.07 bits per heavy atom. The van der Waals surface area contributed by atoms with Gasteiger partial charge in [0.05, 0.1) is 5.25 Å². The van der Waals surface area contributed by atoms with Gasteiger partial charge in [-0.25, -0.2) is 0 Å². The number of nitrogens with one attached hydrogen (secondary N) is 1. The van der Waals surface area contributed by atoms with Crippen LogP contribution in [0, 0.1) is 0 Å². The monoisotopic (exact) mass is 410 g/mol. The largest absolute Gasteiger partial charge is 0.489 e. The lowest BCUT2D eigenvalue weighted by Crippen LogP contribution is -2.22. The third kappa shape index (κ3) is 5.60. The van der Waals surface area contributed by atoms with Gasteiger partial charge >= 0.3 is 0 Å². The zero-order valence-electron chi connectivity index (χ0n) is 17.1. The average molecular weight is 411 g/mol. The second kappa shape index (κ2) is 9.60. The Morgan fingerprint density at radius 3 is 2.38 bits per heavy atom. The Kier molecular flexibility index (Phi) is 6.93. The summed E-state index contributed by atoms with van der Waals surface area (Å²) < 4.78 is 7.72. The lowest BCUT2D eigenvalue weighted by atomic mass is 10.2. The Bertz CT molecular complexity index is 939. The van der Waals surface area contributed by atoms with Crippen molar-refractivity contribution in [2.24, 2.45) is 7.05 Å². The number of carbonyl (C=O) groups is 1. The van der Waals surface area contributed by atoms with Gasteiger partial charge in [0.15, 0.2) is 5.16 Å². The van der Waals surface area contributed by atoms with E-state index in [0.717, 1.165) is 28.0 Å². The molecule has 1 heterocycles. The molecule has 6 nitrogen and oxygen atoms in total. The second-order valence-electron chi connectivity index (χ2n) is 7.10. The summed E-state index contributed by atoms with van der Waals surface area (Å²) in [7, 11) is 1.93. The van der Waals surface area contributed by atoms with Crippen molar-refractivity contribution in [3.8, 4) is 5.75 Å². The van der Waals surface area contributed by atoms with E-state index in [4.69, 9.17) is 4.74 Å². The van der Waals surface area contributed by atoms with Crippen LogP contribution in [0.1, 0.15) is 38.1 Å². The van der Waals surface area contributed by atoms with Crippen molar-refractivity contribution in [1.29, 1.82) is 0 Å². The first-order valence-corrected chi connectivity index (χ1v) is 10.5. The van der Waals surface area contributed by atoms with Crippen molar-refractivity contribution < 1.29 is 9.53 Å². The van der Waals surface area contributed by atoms with Crippen molar-refractivity contribution in [2.45, 2.75) is 43.7 Å². The summed E-state index contributed by atoms with van der Waals surface area (Å²) in [5.74, 6) is 1.87. The van der Waals surface area contributed by atoms with E-state index in [2.05, 4.69) is 29.4 Å². The first-order chi connectivity index (χ1) is 13.9. The summed E-state index contributed by atoms with van der Waals surface area (Å²) in [6, 6.07) is 17.4. The van der Waals surface area contributed by atoms with Gasteiger partial charge in [-0.2, -0.15) is 0 Å². The summed E-state index contributed by atoms with van der Waals surface area (Å²) >= 11 is 1.40. The topological polar surface area (TPSA) is 69.0 Å². The molecule has 0 spiro atoms. The van der Waals surface area contributed by atoms with E-state index in [1.54, 1.807) is 0 Å². The minimum absolute atomic E-state index is 0.0814. The first-order valence-electron chi connectivity index (χ1n) is 9.57. The van der Waals surface area contributed by atoms with Crippen LogP contribution in [0.4, 0.5) is 5.69 Å². The molecule has 0 aliphatic heterocycles. The summed E-state index contributed by atoms with van der Waals surface area (Å²) in [4.78, 5) is 12.5. The molecule has 1 aromatic heterocycles. The Labute approximate surface area is 175 Å². The standard InChI is InChI=1S/C22H26N4O2S/c1-15(2)20-24-25-22(26(20)4)29-16(3)21(27)23-18-10-12-19(13-11-18)28-14-17-8-6-5-7-9-17/h5-13,15-16H,14H2,1-4H3,(H,23,27). The van der Waals surface area contributed by atoms with Crippen LogP contribution in [0.25, 0.3) is 0 Å². The minimum atomic E-state index is -0.299. The van der Waals surface area contributed by atoms with Crippen molar-refractivity contribution in [3.63, 3.8) is 0 Å². The first kappa shape index (κ1) is 20.9. The third-order valence-corrected chi connectivity index (χ3v) is 5.54. The van der Waals surface area contributed by atoms with Crippen LogP contribution in [-0.2, 0) is 18.4 Å². The van der Waals surface area contributed by atoms with Gasteiger partial charge < -0.3 is 14.6 Å². The fraction of sp³-hybridized carbons (Fsp3) is 0.318. The highest BCUT2D eigenvalue weighted by atomic mass is 32.2. The molecule has 0 bridgehead atoms. The van der Waals surface area contributed by atoms with E-state index in [-0.39, 0.29) is 17.1 Å². The molecule has 3 rings (SSSR count). The van der Waals surface area contributed by atoms with Crippen LogP contribution in [0.2, 0.25) is 0 Å². The van der Waals surface area contributed by atoms with E-state index < -0.39 is 0 Å². The maximum absolute atomic E-state index is 12.5. The zero-order chi connectivity index (χ0) is 20.8. The highest BCUT2D eigenvalue weighted by Gasteiger charge is 2.19. The van der Waals surface area contributed by atoms with Crippen LogP contribution in [-0.4, -0.2) is 25.9 Å². The lowest BCUT2D eigenvalue weighted by Gasteiger charge is -2.13. The van der Waals surface area contributed by atoms with Crippen LogP contribution >= 0.6 is 11.8 Å². The predicted molar refractivity (Wildman–Crippen MR) is 116 cm³/mol. The number of aromatic nitrogens is 3. The lowest BCUT2D eigenvalue weighted by molar-refractivity contribution is -0.115. The SMILES string of the molecule is CC(Sc1nnc(C(C)C)n1C)C(=O)Nc1ccc(OCc2ccccc2)cc1. The van der Waals surface area contributed by atoms with E-state index in [1.807, 2.05) is 73.1 Å². The minimum Gasteiger partial charge on any atom is -0.489 e.